The summed E-state index contributed by atoms with van der Waals surface area (Å²) in [5.41, 5.74) is 2.09. The molecule has 0 fully saturated rings. The Hall–Kier alpha value is -2.08. The molecule has 0 saturated heterocycles. The topological polar surface area (TPSA) is 91.1 Å². The van der Waals surface area contributed by atoms with Crippen LogP contribution in [0.25, 0.3) is 0 Å². The van der Waals surface area contributed by atoms with E-state index in [1.807, 2.05) is 31.2 Å². The lowest BCUT2D eigenvalue weighted by atomic mass is 10.2. The zero-order valence-corrected chi connectivity index (χ0v) is 10.0. The summed E-state index contributed by atoms with van der Waals surface area (Å²) in [4.78, 5) is 10.7. The fraction of sp³-hybridized carbons (Fsp3) is 0.333. The summed E-state index contributed by atoms with van der Waals surface area (Å²) >= 11 is 0. The minimum absolute atomic E-state index is 0.192. The Labute approximate surface area is 104 Å². The quantitative estimate of drug-likeness (QED) is 0.725. The third-order valence-corrected chi connectivity index (χ3v) is 2.45. The van der Waals surface area contributed by atoms with Gasteiger partial charge in [0, 0.05) is 12.2 Å². The molecule has 1 atom stereocenters. The Morgan fingerprint density at radius 2 is 2.39 bits per heavy atom. The molecule has 2 rings (SSSR count). The molecule has 0 amide bonds. The largest absolute Gasteiger partial charge is 0.434 e. The summed E-state index contributed by atoms with van der Waals surface area (Å²) in [7, 11) is 0. The van der Waals surface area contributed by atoms with Gasteiger partial charge in [-0.3, -0.25) is 0 Å². The number of hydrogen-bond acceptors (Lipinski definition) is 5. The maximum atomic E-state index is 10.7. The highest BCUT2D eigenvalue weighted by Gasteiger charge is 2.10. The van der Waals surface area contributed by atoms with E-state index in [2.05, 4.69) is 15.5 Å². The lowest BCUT2D eigenvalue weighted by Crippen LogP contribution is -2.22. The highest BCUT2D eigenvalue weighted by Crippen LogP contribution is 2.09. The Morgan fingerprint density at radius 1 is 1.56 bits per heavy atom. The van der Waals surface area contributed by atoms with Gasteiger partial charge in [0.15, 0.2) is 0 Å². The van der Waals surface area contributed by atoms with Gasteiger partial charge in [0.25, 0.3) is 0 Å². The first-order valence-corrected chi connectivity index (χ1v) is 5.66. The van der Waals surface area contributed by atoms with Crippen LogP contribution in [0.4, 0.5) is 5.69 Å². The highest BCUT2D eigenvalue weighted by atomic mass is 16.4. The molecule has 6 nitrogen and oxygen atoms in total. The van der Waals surface area contributed by atoms with E-state index in [1.54, 1.807) is 0 Å². The molecule has 0 radical (unpaired) electrons. The third kappa shape index (κ3) is 3.46. The van der Waals surface area contributed by atoms with Crippen LogP contribution in [0.1, 0.15) is 11.5 Å². The smallest absolute Gasteiger partial charge is 0.392 e. The number of aliphatic hydroxyl groups excluding tert-OH is 1. The van der Waals surface area contributed by atoms with Crippen LogP contribution in [-0.2, 0) is 6.42 Å². The molecule has 96 valence electrons. The van der Waals surface area contributed by atoms with Gasteiger partial charge in [-0.15, -0.1) is 5.10 Å². The second-order valence-electron chi connectivity index (χ2n) is 4.12. The van der Waals surface area contributed by atoms with Crippen molar-refractivity contribution in [1.29, 1.82) is 0 Å². The number of benzene rings is 1. The first kappa shape index (κ1) is 12.4. The van der Waals surface area contributed by atoms with Gasteiger partial charge in [0.05, 0.1) is 12.5 Å². The molecular formula is C12H15N3O3. The average molecular weight is 249 g/mol. The highest BCUT2D eigenvalue weighted by molar-refractivity contribution is 5.45. The molecule has 6 heteroatoms. The van der Waals surface area contributed by atoms with Crippen LogP contribution in [0.3, 0.4) is 0 Å². The number of hydrogen-bond donors (Lipinski definition) is 3. The first-order valence-electron chi connectivity index (χ1n) is 5.66. The molecule has 2 aromatic rings. The SMILES string of the molecule is Cc1cccc(NCC(O)Cc2n[nH]c(=O)o2)c1. The minimum Gasteiger partial charge on any atom is -0.392 e. The molecule has 18 heavy (non-hydrogen) atoms. The molecule has 0 aliphatic rings. The van der Waals surface area contributed by atoms with Crippen molar-refractivity contribution in [2.45, 2.75) is 19.4 Å². The van der Waals surface area contributed by atoms with Crippen molar-refractivity contribution in [1.82, 2.24) is 10.2 Å². The van der Waals surface area contributed by atoms with Crippen molar-refractivity contribution < 1.29 is 9.52 Å². The van der Waals surface area contributed by atoms with Crippen LogP contribution < -0.4 is 11.1 Å². The minimum atomic E-state index is -0.669. The van der Waals surface area contributed by atoms with Crippen LogP contribution in [0.2, 0.25) is 0 Å². The standard InChI is InChI=1S/C12H15N3O3/c1-8-3-2-4-9(5-8)13-7-10(16)6-11-14-15-12(17)18-11/h2-5,10,13,16H,6-7H2,1H3,(H,15,17). The maximum Gasteiger partial charge on any atom is 0.434 e. The van der Waals surface area contributed by atoms with Crippen LogP contribution in [0.5, 0.6) is 0 Å². The summed E-state index contributed by atoms with van der Waals surface area (Å²) in [6.45, 7) is 2.36. The van der Waals surface area contributed by atoms with E-state index in [0.29, 0.717) is 6.54 Å². The Bertz CT molecular complexity index is 561. The molecule has 1 heterocycles. The number of H-pyrrole nitrogens is 1. The molecule has 0 bridgehead atoms. The summed E-state index contributed by atoms with van der Waals surface area (Å²) < 4.78 is 4.72. The summed E-state index contributed by atoms with van der Waals surface area (Å²) in [5, 5.41) is 18.7. The van der Waals surface area contributed by atoms with Gasteiger partial charge in [0.2, 0.25) is 5.89 Å². The van der Waals surface area contributed by atoms with Gasteiger partial charge < -0.3 is 14.8 Å². The van der Waals surface area contributed by atoms with Crippen molar-refractivity contribution in [3.8, 4) is 0 Å². The number of aromatic nitrogens is 2. The number of aryl methyl sites for hydroxylation is 1. The number of aromatic amines is 1. The fourth-order valence-corrected chi connectivity index (χ4v) is 1.61. The molecule has 0 aliphatic carbocycles. The predicted octanol–water partition coefficient (Wildman–Crippen LogP) is 0.687. The summed E-state index contributed by atoms with van der Waals surface area (Å²) in [6, 6.07) is 7.85. The summed E-state index contributed by atoms with van der Waals surface area (Å²) in [5.74, 6) is -0.401. The number of nitrogens with zero attached hydrogens (tertiary/aromatic N) is 1. The van der Waals surface area contributed by atoms with Crippen molar-refractivity contribution in [3.63, 3.8) is 0 Å². The Kier molecular flexibility index (Phi) is 3.78. The molecule has 3 N–H and O–H groups in total. The van der Waals surface area contributed by atoms with E-state index in [-0.39, 0.29) is 12.3 Å². The lowest BCUT2D eigenvalue weighted by molar-refractivity contribution is 0.177. The van der Waals surface area contributed by atoms with Crippen molar-refractivity contribution >= 4 is 5.69 Å². The van der Waals surface area contributed by atoms with Crippen LogP contribution in [-0.4, -0.2) is 28.0 Å². The normalized spacial score (nSPS) is 12.3. The van der Waals surface area contributed by atoms with E-state index in [1.165, 1.54) is 0 Å². The molecular weight excluding hydrogens is 234 g/mol. The van der Waals surface area contributed by atoms with E-state index < -0.39 is 11.9 Å². The monoisotopic (exact) mass is 249 g/mol. The van der Waals surface area contributed by atoms with Crippen LogP contribution in [0, 0.1) is 6.92 Å². The van der Waals surface area contributed by atoms with Gasteiger partial charge in [-0.05, 0) is 24.6 Å². The first-order chi connectivity index (χ1) is 8.63. The van der Waals surface area contributed by atoms with E-state index in [0.717, 1.165) is 11.3 Å². The second-order valence-corrected chi connectivity index (χ2v) is 4.12. The van der Waals surface area contributed by atoms with Crippen molar-refractivity contribution in [2.75, 3.05) is 11.9 Å². The predicted molar refractivity (Wildman–Crippen MR) is 66.5 cm³/mol. The molecule has 0 saturated carbocycles. The second kappa shape index (κ2) is 5.50. The Morgan fingerprint density at radius 3 is 3.06 bits per heavy atom. The zero-order chi connectivity index (χ0) is 13.0. The number of nitrogens with one attached hydrogen (secondary N) is 2. The lowest BCUT2D eigenvalue weighted by Gasteiger charge is -2.11. The molecule has 0 spiro atoms. The average Bonchev–Trinajstić information content (AvgIpc) is 2.72. The summed E-state index contributed by atoms with van der Waals surface area (Å²) in [6.07, 6.45) is -0.477. The van der Waals surface area contributed by atoms with Gasteiger partial charge in [-0.1, -0.05) is 12.1 Å². The van der Waals surface area contributed by atoms with Crippen LogP contribution >= 0.6 is 0 Å². The van der Waals surface area contributed by atoms with Gasteiger partial charge in [0.1, 0.15) is 0 Å². The molecule has 1 aromatic heterocycles. The van der Waals surface area contributed by atoms with Crippen LogP contribution in [0.15, 0.2) is 33.5 Å². The number of anilines is 1. The molecule has 1 aromatic carbocycles. The molecule has 0 aliphatic heterocycles. The van der Waals surface area contributed by atoms with Gasteiger partial charge >= 0.3 is 5.76 Å². The number of rotatable bonds is 5. The Balaban J connectivity index is 1.85. The van der Waals surface area contributed by atoms with E-state index >= 15 is 0 Å². The molecule has 1 unspecified atom stereocenters. The fourth-order valence-electron chi connectivity index (χ4n) is 1.61. The number of aliphatic hydroxyl groups is 1. The van der Waals surface area contributed by atoms with Crippen molar-refractivity contribution in [2.24, 2.45) is 0 Å². The van der Waals surface area contributed by atoms with Gasteiger partial charge in [-0.25, -0.2) is 9.89 Å². The van der Waals surface area contributed by atoms with E-state index in [9.17, 15) is 9.90 Å². The zero-order valence-electron chi connectivity index (χ0n) is 10.0. The van der Waals surface area contributed by atoms with Gasteiger partial charge in [-0.2, -0.15) is 0 Å². The van der Waals surface area contributed by atoms with Crippen molar-refractivity contribution in [3.05, 3.63) is 46.3 Å². The maximum absolute atomic E-state index is 10.7. The van der Waals surface area contributed by atoms with E-state index in [4.69, 9.17) is 4.42 Å². The third-order valence-electron chi connectivity index (χ3n) is 2.45.